The second kappa shape index (κ2) is 13.4. The minimum atomic E-state index is 0.865. The van der Waals surface area contributed by atoms with Crippen LogP contribution in [-0.2, 0) is 0 Å². The standard InChI is InChI=1S/C52H35NO/c1-4-15-36(16-5-1)41-33-42(37-17-6-2-7-18-37)35-43(34-41)38-27-30-44(31-28-38)53(48-24-13-12-22-45(48)39-19-8-3-9-20-39)49-25-14-26-50-51(49)47-32-29-40-21-10-11-23-46(40)52(47)54-50/h1-35H. The van der Waals surface area contributed by atoms with Crippen LogP contribution in [0.2, 0.25) is 0 Å². The lowest BCUT2D eigenvalue weighted by Gasteiger charge is -2.28. The SMILES string of the molecule is c1ccc(-c2cc(-c3ccccc3)cc(-c3ccc(N(c4ccccc4-c4ccccc4)c4cccc5oc6c7ccccc7ccc6c45)cc3)c2)cc1. The number of hydrogen-bond donors (Lipinski definition) is 0. The fraction of sp³-hybridized carbons (Fsp3) is 0. The summed E-state index contributed by atoms with van der Waals surface area (Å²) in [6, 6.07) is 75.8. The lowest BCUT2D eigenvalue weighted by atomic mass is 9.93. The molecule has 10 rings (SSSR count). The molecule has 0 saturated carbocycles. The van der Waals surface area contributed by atoms with E-state index in [1.54, 1.807) is 0 Å². The molecule has 2 heteroatoms. The van der Waals surface area contributed by atoms with Gasteiger partial charge in [0.25, 0.3) is 0 Å². The third-order valence-electron chi connectivity index (χ3n) is 10.4. The Morgan fingerprint density at radius 1 is 0.333 bits per heavy atom. The van der Waals surface area contributed by atoms with Crippen LogP contribution in [-0.4, -0.2) is 0 Å². The van der Waals surface area contributed by atoms with Crippen LogP contribution in [0, 0.1) is 0 Å². The van der Waals surface area contributed by atoms with E-state index in [0.29, 0.717) is 0 Å². The molecule has 9 aromatic carbocycles. The third-order valence-corrected chi connectivity index (χ3v) is 10.4. The molecule has 0 amide bonds. The molecule has 10 aromatic rings. The molecule has 0 fully saturated rings. The van der Waals surface area contributed by atoms with Gasteiger partial charge in [-0.05, 0) is 98.9 Å². The van der Waals surface area contributed by atoms with Gasteiger partial charge in [0.15, 0.2) is 0 Å². The molecule has 54 heavy (non-hydrogen) atoms. The molecule has 0 unspecified atom stereocenters. The molecule has 0 aliphatic carbocycles. The quantitative estimate of drug-likeness (QED) is 0.166. The van der Waals surface area contributed by atoms with E-state index < -0.39 is 0 Å². The topological polar surface area (TPSA) is 16.4 Å². The number of anilines is 3. The van der Waals surface area contributed by atoms with Crippen LogP contribution in [0.15, 0.2) is 217 Å². The number of furan rings is 1. The lowest BCUT2D eigenvalue weighted by Crippen LogP contribution is -2.11. The third kappa shape index (κ3) is 5.62. The molecule has 0 spiro atoms. The second-order valence-electron chi connectivity index (χ2n) is 13.7. The first-order chi connectivity index (χ1) is 26.8. The van der Waals surface area contributed by atoms with Crippen molar-refractivity contribution in [2.45, 2.75) is 0 Å². The zero-order valence-electron chi connectivity index (χ0n) is 29.6. The normalized spacial score (nSPS) is 11.3. The largest absolute Gasteiger partial charge is 0.455 e. The first kappa shape index (κ1) is 31.6. The maximum absolute atomic E-state index is 6.69. The number of hydrogen-bond acceptors (Lipinski definition) is 2. The average molecular weight is 690 g/mol. The van der Waals surface area contributed by atoms with Crippen LogP contribution in [0.1, 0.15) is 0 Å². The summed E-state index contributed by atoms with van der Waals surface area (Å²) in [7, 11) is 0. The van der Waals surface area contributed by atoms with Crippen molar-refractivity contribution >= 4 is 49.8 Å². The van der Waals surface area contributed by atoms with Gasteiger partial charge in [-0.3, -0.25) is 0 Å². The highest BCUT2D eigenvalue weighted by molar-refractivity contribution is 6.19. The Kier molecular flexibility index (Phi) is 7.85. The van der Waals surface area contributed by atoms with Crippen molar-refractivity contribution in [3.05, 3.63) is 212 Å². The molecule has 0 N–H and O–H groups in total. The minimum Gasteiger partial charge on any atom is -0.455 e. The summed E-state index contributed by atoms with van der Waals surface area (Å²) in [5.74, 6) is 0. The lowest BCUT2D eigenvalue weighted by molar-refractivity contribution is 0.672. The van der Waals surface area contributed by atoms with Crippen molar-refractivity contribution in [2.75, 3.05) is 4.90 Å². The highest BCUT2D eigenvalue weighted by Crippen LogP contribution is 2.47. The van der Waals surface area contributed by atoms with Crippen molar-refractivity contribution in [1.29, 1.82) is 0 Å². The molecular formula is C52H35NO. The van der Waals surface area contributed by atoms with Crippen LogP contribution < -0.4 is 4.90 Å². The maximum Gasteiger partial charge on any atom is 0.143 e. The number of rotatable bonds is 7. The van der Waals surface area contributed by atoms with Gasteiger partial charge in [-0.2, -0.15) is 0 Å². The van der Waals surface area contributed by atoms with Gasteiger partial charge in [0.05, 0.1) is 16.8 Å². The van der Waals surface area contributed by atoms with Gasteiger partial charge in [-0.1, -0.05) is 158 Å². The molecule has 0 bridgehead atoms. The Morgan fingerprint density at radius 3 is 1.54 bits per heavy atom. The molecule has 1 heterocycles. The van der Waals surface area contributed by atoms with Gasteiger partial charge in [-0.25, -0.2) is 0 Å². The molecule has 0 aliphatic heterocycles. The molecule has 2 nitrogen and oxygen atoms in total. The summed E-state index contributed by atoms with van der Waals surface area (Å²) < 4.78 is 6.69. The van der Waals surface area contributed by atoms with Crippen molar-refractivity contribution < 1.29 is 4.42 Å². The van der Waals surface area contributed by atoms with Crippen molar-refractivity contribution in [3.8, 4) is 44.5 Å². The monoisotopic (exact) mass is 689 g/mol. The predicted octanol–water partition coefficient (Wildman–Crippen LogP) is 14.9. The Hall–Kier alpha value is -7.16. The van der Waals surface area contributed by atoms with Gasteiger partial charge in [-0.15, -0.1) is 0 Å². The van der Waals surface area contributed by atoms with E-state index in [9.17, 15) is 0 Å². The number of nitrogens with zero attached hydrogens (tertiary/aromatic N) is 1. The van der Waals surface area contributed by atoms with E-state index in [1.165, 1.54) is 33.2 Å². The van der Waals surface area contributed by atoms with E-state index in [0.717, 1.165) is 61.1 Å². The van der Waals surface area contributed by atoms with Crippen LogP contribution in [0.4, 0.5) is 17.1 Å². The van der Waals surface area contributed by atoms with Crippen LogP contribution in [0.5, 0.6) is 0 Å². The Balaban J connectivity index is 1.17. The summed E-state index contributed by atoms with van der Waals surface area (Å²) in [5.41, 5.74) is 14.4. The summed E-state index contributed by atoms with van der Waals surface area (Å²) in [6.07, 6.45) is 0. The van der Waals surface area contributed by atoms with Crippen molar-refractivity contribution in [2.24, 2.45) is 0 Å². The van der Waals surface area contributed by atoms with Crippen molar-refractivity contribution in [1.82, 2.24) is 0 Å². The van der Waals surface area contributed by atoms with E-state index in [2.05, 4.69) is 217 Å². The van der Waals surface area contributed by atoms with Gasteiger partial charge >= 0.3 is 0 Å². The molecule has 254 valence electrons. The molecule has 0 atom stereocenters. The number of para-hydroxylation sites is 1. The maximum atomic E-state index is 6.69. The average Bonchev–Trinajstić information content (AvgIpc) is 3.65. The Labute approximate surface area is 314 Å². The first-order valence-electron chi connectivity index (χ1n) is 18.4. The fourth-order valence-electron chi connectivity index (χ4n) is 7.85. The van der Waals surface area contributed by atoms with E-state index in [4.69, 9.17) is 4.42 Å². The van der Waals surface area contributed by atoms with E-state index in [1.807, 2.05) is 0 Å². The van der Waals surface area contributed by atoms with Crippen LogP contribution in [0.25, 0.3) is 77.2 Å². The molecular weight excluding hydrogens is 655 g/mol. The zero-order valence-corrected chi connectivity index (χ0v) is 29.6. The second-order valence-corrected chi connectivity index (χ2v) is 13.7. The molecule has 0 radical (unpaired) electrons. The Morgan fingerprint density at radius 2 is 0.870 bits per heavy atom. The van der Waals surface area contributed by atoms with Gasteiger partial charge in [0.2, 0.25) is 0 Å². The van der Waals surface area contributed by atoms with Gasteiger partial charge in [0.1, 0.15) is 11.2 Å². The smallest absolute Gasteiger partial charge is 0.143 e. The summed E-state index contributed by atoms with van der Waals surface area (Å²) >= 11 is 0. The fourth-order valence-corrected chi connectivity index (χ4v) is 7.85. The molecule has 0 aliphatic rings. The highest BCUT2D eigenvalue weighted by Gasteiger charge is 2.22. The summed E-state index contributed by atoms with van der Waals surface area (Å²) in [6.45, 7) is 0. The van der Waals surface area contributed by atoms with Crippen LogP contribution >= 0.6 is 0 Å². The van der Waals surface area contributed by atoms with Crippen molar-refractivity contribution in [3.63, 3.8) is 0 Å². The van der Waals surface area contributed by atoms with E-state index in [-0.39, 0.29) is 0 Å². The van der Waals surface area contributed by atoms with Crippen LogP contribution in [0.3, 0.4) is 0 Å². The van der Waals surface area contributed by atoms with Gasteiger partial charge < -0.3 is 9.32 Å². The molecule has 0 saturated heterocycles. The highest BCUT2D eigenvalue weighted by atomic mass is 16.3. The van der Waals surface area contributed by atoms with Gasteiger partial charge in [0, 0.05) is 22.0 Å². The number of benzene rings is 9. The van der Waals surface area contributed by atoms with E-state index >= 15 is 0 Å². The molecule has 1 aromatic heterocycles. The Bertz CT molecular complexity index is 2850. The summed E-state index contributed by atoms with van der Waals surface area (Å²) in [5, 5.41) is 4.47. The minimum absolute atomic E-state index is 0.865. The first-order valence-corrected chi connectivity index (χ1v) is 18.4. The summed E-state index contributed by atoms with van der Waals surface area (Å²) in [4.78, 5) is 2.40. The zero-order chi connectivity index (χ0) is 35.8. The number of fused-ring (bicyclic) bond motifs is 5. The predicted molar refractivity (Wildman–Crippen MR) is 228 cm³/mol.